The van der Waals surface area contributed by atoms with Crippen molar-refractivity contribution in [3.05, 3.63) is 22.7 Å². The summed E-state index contributed by atoms with van der Waals surface area (Å²) in [7, 11) is 1.49. The van der Waals surface area contributed by atoms with Crippen LogP contribution in [0.25, 0.3) is 0 Å². The van der Waals surface area contributed by atoms with Gasteiger partial charge in [-0.05, 0) is 18.9 Å². The molecule has 1 aromatic carbocycles. The Morgan fingerprint density at radius 2 is 2.35 bits per heavy atom. The Morgan fingerprint density at radius 1 is 1.52 bits per heavy atom. The van der Waals surface area contributed by atoms with Gasteiger partial charge in [0.1, 0.15) is 5.75 Å². The van der Waals surface area contributed by atoms with E-state index in [2.05, 4.69) is 5.32 Å². The first kappa shape index (κ1) is 17.8. The molecule has 1 unspecified atom stereocenters. The number of methoxy groups -OCH3 is 1. The molecular formula is C16H23ClN2O4. The highest BCUT2D eigenvalue weighted by molar-refractivity contribution is 6.33. The van der Waals surface area contributed by atoms with Gasteiger partial charge in [0.05, 0.1) is 36.6 Å². The molecule has 1 heterocycles. The van der Waals surface area contributed by atoms with Crippen LogP contribution in [0.2, 0.25) is 5.02 Å². The van der Waals surface area contributed by atoms with Crippen molar-refractivity contribution in [1.82, 2.24) is 5.32 Å². The first-order valence-corrected chi connectivity index (χ1v) is 8.06. The minimum atomic E-state index is -0.243. The lowest BCUT2D eigenvalue weighted by Crippen LogP contribution is -2.26. The van der Waals surface area contributed by atoms with Crippen molar-refractivity contribution in [3.8, 4) is 5.75 Å². The highest BCUT2D eigenvalue weighted by atomic mass is 35.5. The van der Waals surface area contributed by atoms with Crippen molar-refractivity contribution in [2.24, 2.45) is 5.92 Å². The molecule has 1 amide bonds. The first-order chi connectivity index (χ1) is 11.1. The summed E-state index contributed by atoms with van der Waals surface area (Å²) in [4.78, 5) is 12.2. The molecular weight excluding hydrogens is 320 g/mol. The topological polar surface area (TPSA) is 82.8 Å². The fourth-order valence-electron chi connectivity index (χ4n) is 2.35. The number of benzene rings is 1. The quantitative estimate of drug-likeness (QED) is 0.558. The van der Waals surface area contributed by atoms with Crippen LogP contribution in [0, 0.1) is 5.92 Å². The lowest BCUT2D eigenvalue weighted by molar-refractivity contribution is 0.0853. The summed E-state index contributed by atoms with van der Waals surface area (Å²) in [5.41, 5.74) is 6.45. The van der Waals surface area contributed by atoms with Crippen LogP contribution in [0.1, 0.15) is 23.2 Å². The number of halogens is 1. The maximum absolute atomic E-state index is 12.2. The smallest absolute Gasteiger partial charge is 0.255 e. The van der Waals surface area contributed by atoms with E-state index < -0.39 is 0 Å². The highest BCUT2D eigenvalue weighted by Gasteiger charge is 2.16. The maximum Gasteiger partial charge on any atom is 0.255 e. The molecule has 0 bridgehead atoms. The van der Waals surface area contributed by atoms with Gasteiger partial charge in [-0.1, -0.05) is 11.6 Å². The molecule has 6 nitrogen and oxygen atoms in total. The van der Waals surface area contributed by atoms with E-state index in [1.165, 1.54) is 13.2 Å². The van der Waals surface area contributed by atoms with E-state index in [0.717, 1.165) is 32.7 Å². The third kappa shape index (κ3) is 5.27. The van der Waals surface area contributed by atoms with Gasteiger partial charge in [-0.15, -0.1) is 0 Å². The number of hydrogen-bond acceptors (Lipinski definition) is 5. The number of anilines is 1. The Hall–Kier alpha value is -1.50. The fraction of sp³-hybridized carbons (Fsp3) is 0.562. The van der Waals surface area contributed by atoms with E-state index in [-0.39, 0.29) is 5.91 Å². The second kappa shape index (κ2) is 8.96. The Morgan fingerprint density at radius 3 is 3.04 bits per heavy atom. The van der Waals surface area contributed by atoms with E-state index in [9.17, 15) is 4.79 Å². The summed E-state index contributed by atoms with van der Waals surface area (Å²) in [6.07, 6.45) is 1.80. The molecule has 2 rings (SSSR count). The third-order valence-electron chi connectivity index (χ3n) is 3.69. The van der Waals surface area contributed by atoms with Gasteiger partial charge in [0.25, 0.3) is 5.91 Å². The summed E-state index contributed by atoms with van der Waals surface area (Å²) in [6, 6.07) is 3.06. The van der Waals surface area contributed by atoms with Crippen molar-refractivity contribution in [2.75, 3.05) is 45.8 Å². The van der Waals surface area contributed by atoms with Crippen LogP contribution in [-0.2, 0) is 9.47 Å². The molecule has 0 radical (unpaired) electrons. The minimum absolute atomic E-state index is 0.243. The van der Waals surface area contributed by atoms with Gasteiger partial charge in [0, 0.05) is 31.7 Å². The second-order valence-electron chi connectivity index (χ2n) is 5.49. The van der Waals surface area contributed by atoms with Crippen LogP contribution in [-0.4, -0.2) is 46.0 Å². The van der Waals surface area contributed by atoms with Gasteiger partial charge in [-0.3, -0.25) is 4.79 Å². The molecule has 7 heteroatoms. The average molecular weight is 343 g/mol. The van der Waals surface area contributed by atoms with E-state index >= 15 is 0 Å². The molecule has 128 valence electrons. The van der Waals surface area contributed by atoms with Crippen molar-refractivity contribution in [3.63, 3.8) is 0 Å². The number of carbonyl (C=O) groups excluding carboxylic acids is 1. The second-order valence-corrected chi connectivity index (χ2v) is 5.90. The lowest BCUT2D eigenvalue weighted by Gasteiger charge is -2.12. The Bertz CT molecular complexity index is 533. The Labute approximate surface area is 141 Å². The molecule has 1 aliphatic heterocycles. The van der Waals surface area contributed by atoms with Crippen LogP contribution in [0.3, 0.4) is 0 Å². The van der Waals surface area contributed by atoms with Crippen LogP contribution in [0.15, 0.2) is 12.1 Å². The zero-order chi connectivity index (χ0) is 16.7. The highest BCUT2D eigenvalue weighted by Crippen LogP contribution is 2.28. The Kier molecular flexibility index (Phi) is 6.95. The summed E-state index contributed by atoms with van der Waals surface area (Å²) >= 11 is 5.96. The summed E-state index contributed by atoms with van der Waals surface area (Å²) in [6.45, 7) is 3.46. The molecule has 1 aliphatic rings. The summed E-state index contributed by atoms with van der Waals surface area (Å²) in [5, 5.41) is 3.16. The van der Waals surface area contributed by atoms with Gasteiger partial charge < -0.3 is 25.3 Å². The van der Waals surface area contributed by atoms with E-state index in [4.69, 9.17) is 31.5 Å². The monoisotopic (exact) mass is 342 g/mol. The van der Waals surface area contributed by atoms with Crippen LogP contribution in [0.5, 0.6) is 5.75 Å². The van der Waals surface area contributed by atoms with Crippen molar-refractivity contribution in [1.29, 1.82) is 0 Å². The number of nitrogens with one attached hydrogen (secondary N) is 1. The summed E-state index contributed by atoms with van der Waals surface area (Å²) < 4.78 is 16.0. The SMILES string of the molecule is COc1cc(N)c(Cl)cc1C(=O)NCCCOCC1CCOC1. The average Bonchev–Trinajstić information content (AvgIpc) is 3.06. The molecule has 1 saturated heterocycles. The third-order valence-corrected chi connectivity index (χ3v) is 4.02. The molecule has 3 N–H and O–H groups in total. The maximum atomic E-state index is 12.2. The Balaban J connectivity index is 1.71. The molecule has 23 heavy (non-hydrogen) atoms. The minimum Gasteiger partial charge on any atom is -0.496 e. The number of carbonyl (C=O) groups is 1. The van der Waals surface area contributed by atoms with Crippen LogP contribution < -0.4 is 15.8 Å². The number of ether oxygens (including phenoxy) is 3. The van der Waals surface area contributed by atoms with Gasteiger partial charge in [0.2, 0.25) is 0 Å². The number of hydrogen-bond donors (Lipinski definition) is 2. The molecule has 0 aliphatic carbocycles. The zero-order valence-electron chi connectivity index (χ0n) is 13.3. The van der Waals surface area contributed by atoms with Crippen molar-refractivity contribution in [2.45, 2.75) is 12.8 Å². The number of rotatable bonds is 8. The van der Waals surface area contributed by atoms with Gasteiger partial charge in [0.15, 0.2) is 0 Å². The molecule has 1 atom stereocenters. The molecule has 0 spiro atoms. The first-order valence-electron chi connectivity index (χ1n) is 7.68. The van der Waals surface area contributed by atoms with E-state index in [1.54, 1.807) is 6.07 Å². The normalized spacial score (nSPS) is 17.2. The van der Waals surface area contributed by atoms with Crippen molar-refractivity contribution < 1.29 is 19.0 Å². The van der Waals surface area contributed by atoms with E-state index in [1.807, 2.05) is 0 Å². The van der Waals surface area contributed by atoms with Crippen LogP contribution in [0.4, 0.5) is 5.69 Å². The molecule has 1 fully saturated rings. The van der Waals surface area contributed by atoms with Crippen LogP contribution >= 0.6 is 11.6 Å². The van der Waals surface area contributed by atoms with Gasteiger partial charge in [-0.2, -0.15) is 0 Å². The van der Waals surface area contributed by atoms with E-state index in [0.29, 0.717) is 41.1 Å². The lowest BCUT2D eigenvalue weighted by atomic mass is 10.1. The number of amides is 1. The summed E-state index contributed by atoms with van der Waals surface area (Å²) in [5.74, 6) is 0.667. The largest absolute Gasteiger partial charge is 0.496 e. The fourth-order valence-corrected chi connectivity index (χ4v) is 2.52. The standard InChI is InChI=1S/C16H23ClN2O4/c1-21-15-8-14(18)13(17)7-12(15)16(20)19-4-2-5-22-9-11-3-6-23-10-11/h7-8,11H,2-6,9-10,18H2,1H3,(H,19,20). The molecule has 0 aromatic heterocycles. The van der Waals surface area contributed by atoms with Gasteiger partial charge in [-0.25, -0.2) is 0 Å². The molecule has 0 saturated carbocycles. The molecule has 1 aromatic rings. The number of nitrogens with two attached hydrogens (primary N) is 1. The van der Waals surface area contributed by atoms with Gasteiger partial charge >= 0.3 is 0 Å². The zero-order valence-corrected chi connectivity index (χ0v) is 14.0. The van der Waals surface area contributed by atoms with Crippen molar-refractivity contribution >= 4 is 23.2 Å². The predicted octanol–water partition coefficient (Wildman–Crippen LogP) is 2.10. The number of nitrogen functional groups attached to an aromatic ring is 1. The predicted molar refractivity (Wildman–Crippen MR) is 89.1 cm³/mol.